The Labute approximate surface area is 63.6 Å². The van der Waals surface area contributed by atoms with E-state index >= 15 is 0 Å². The van der Waals surface area contributed by atoms with E-state index in [1.807, 2.05) is 0 Å². The molecule has 0 fully saturated rings. The van der Waals surface area contributed by atoms with Gasteiger partial charge in [-0.25, -0.2) is 0 Å². The summed E-state index contributed by atoms with van der Waals surface area (Å²) < 4.78 is 0. The number of rotatable bonds is 6. The zero-order chi connectivity index (χ0) is 7.82. The summed E-state index contributed by atoms with van der Waals surface area (Å²) >= 11 is 0. The highest BCUT2D eigenvalue weighted by molar-refractivity contribution is 4.50. The van der Waals surface area contributed by atoms with Crippen molar-refractivity contribution in [2.75, 3.05) is 19.7 Å². The van der Waals surface area contributed by atoms with Gasteiger partial charge in [0.2, 0.25) is 0 Å². The second-order valence-electron chi connectivity index (χ2n) is 3.03. The monoisotopic (exact) mass is 145 g/mol. The smallest absolute Gasteiger partial charge is 0.0431 e. The quantitative estimate of drug-likeness (QED) is 0.547. The summed E-state index contributed by atoms with van der Waals surface area (Å²) in [6.45, 7) is 6.84. The minimum atomic E-state index is 0.323. The lowest BCUT2D eigenvalue weighted by Gasteiger charge is -2.05. The van der Waals surface area contributed by atoms with Crippen LogP contribution in [0.15, 0.2) is 0 Å². The lowest BCUT2D eigenvalue weighted by molar-refractivity contribution is 0.283. The molecule has 0 aromatic rings. The van der Waals surface area contributed by atoms with Gasteiger partial charge in [-0.1, -0.05) is 13.8 Å². The van der Waals surface area contributed by atoms with Gasteiger partial charge >= 0.3 is 0 Å². The maximum absolute atomic E-state index is 8.45. The van der Waals surface area contributed by atoms with E-state index in [2.05, 4.69) is 19.2 Å². The van der Waals surface area contributed by atoms with E-state index < -0.39 is 0 Å². The van der Waals surface area contributed by atoms with E-state index in [9.17, 15) is 0 Å². The second-order valence-corrected chi connectivity index (χ2v) is 3.03. The van der Waals surface area contributed by atoms with Crippen LogP contribution in [0.2, 0.25) is 0 Å². The highest BCUT2D eigenvalue weighted by atomic mass is 16.2. The Bertz CT molecular complexity index is 64.3. The first kappa shape index (κ1) is 9.92. The average Bonchev–Trinajstić information content (AvgIpc) is 1.87. The van der Waals surface area contributed by atoms with Crippen molar-refractivity contribution in [3.8, 4) is 0 Å². The zero-order valence-corrected chi connectivity index (χ0v) is 7.06. The third kappa shape index (κ3) is 7.92. The first-order chi connectivity index (χ1) is 4.77. The summed E-state index contributed by atoms with van der Waals surface area (Å²) in [6.07, 6.45) is 2.01. The SMILES string of the molecule is CC(C)CNCCCCO. The van der Waals surface area contributed by atoms with E-state index in [4.69, 9.17) is 5.11 Å². The zero-order valence-electron chi connectivity index (χ0n) is 7.06. The second kappa shape index (κ2) is 7.03. The Morgan fingerprint density at radius 3 is 2.50 bits per heavy atom. The average molecular weight is 145 g/mol. The standard InChI is InChI=1S/C8H19NO/c1-8(2)7-9-5-3-4-6-10/h8-10H,3-7H2,1-2H3. The number of nitrogens with one attached hydrogen (secondary N) is 1. The molecular weight excluding hydrogens is 126 g/mol. The van der Waals surface area contributed by atoms with Crippen molar-refractivity contribution < 1.29 is 5.11 Å². The van der Waals surface area contributed by atoms with Crippen LogP contribution in [0.4, 0.5) is 0 Å². The van der Waals surface area contributed by atoms with Gasteiger partial charge in [0.15, 0.2) is 0 Å². The van der Waals surface area contributed by atoms with E-state index in [0.29, 0.717) is 6.61 Å². The van der Waals surface area contributed by atoms with Gasteiger partial charge in [-0.05, 0) is 31.8 Å². The Kier molecular flexibility index (Phi) is 6.98. The van der Waals surface area contributed by atoms with Gasteiger partial charge in [0.05, 0.1) is 0 Å². The molecule has 0 unspecified atom stereocenters. The number of aliphatic hydroxyl groups is 1. The van der Waals surface area contributed by atoms with Crippen molar-refractivity contribution >= 4 is 0 Å². The van der Waals surface area contributed by atoms with Crippen molar-refractivity contribution in [2.24, 2.45) is 5.92 Å². The van der Waals surface area contributed by atoms with Gasteiger partial charge in [-0.2, -0.15) is 0 Å². The normalized spacial score (nSPS) is 10.8. The topological polar surface area (TPSA) is 32.3 Å². The fourth-order valence-corrected chi connectivity index (χ4v) is 0.753. The Balaban J connectivity index is 2.77. The Hall–Kier alpha value is -0.0800. The van der Waals surface area contributed by atoms with Crippen LogP contribution in [-0.2, 0) is 0 Å². The largest absolute Gasteiger partial charge is 0.396 e. The molecule has 0 saturated carbocycles. The highest BCUT2D eigenvalue weighted by Crippen LogP contribution is 1.88. The van der Waals surface area contributed by atoms with Crippen molar-refractivity contribution in [3.63, 3.8) is 0 Å². The maximum Gasteiger partial charge on any atom is 0.0431 e. The molecule has 0 aromatic heterocycles. The molecule has 0 atom stereocenters. The van der Waals surface area contributed by atoms with E-state index in [1.54, 1.807) is 0 Å². The number of aliphatic hydroxyl groups excluding tert-OH is 1. The van der Waals surface area contributed by atoms with E-state index in [1.165, 1.54) is 0 Å². The van der Waals surface area contributed by atoms with Crippen molar-refractivity contribution in [1.82, 2.24) is 5.32 Å². The fourth-order valence-electron chi connectivity index (χ4n) is 0.753. The molecule has 0 spiro atoms. The first-order valence-corrected chi connectivity index (χ1v) is 4.09. The molecule has 2 N–H and O–H groups in total. The Morgan fingerprint density at radius 1 is 1.30 bits per heavy atom. The van der Waals surface area contributed by atoms with E-state index in [0.717, 1.165) is 31.8 Å². The number of hydrogen-bond donors (Lipinski definition) is 2. The minimum absolute atomic E-state index is 0.323. The Morgan fingerprint density at radius 2 is 2.00 bits per heavy atom. The molecule has 0 amide bonds. The van der Waals surface area contributed by atoms with Crippen molar-refractivity contribution in [1.29, 1.82) is 0 Å². The fraction of sp³-hybridized carbons (Fsp3) is 1.00. The molecular formula is C8H19NO. The molecule has 0 rings (SSSR count). The summed E-state index contributed by atoms with van der Waals surface area (Å²) in [5.41, 5.74) is 0. The number of hydrogen-bond acceptors (Lipinski definition) is 2. The minimum Gasteiger partial charge on any atom is -0.396 e. The summed E-state index contributed by atoms with van der Waals surface area (Å²) in [4.78, 5) is 0. The van der Waals surface area contributed by atoms with Gasteiger partial charge in [0, 0.05) is 6.61 Å². The van der Waals surface area contributed by atoms with Crippen molar-refractivity contribution in [3.05, 3.63) is 0 Å². The molecule has 0 aromatic carbocycles. The van der Waals surface area contributed by atoms with Crippen LogP contribution in [0.1, 0.15) is 26.7 Å². The maximum atomic E-state index is 8.45. The molecule has 0 bridgehead atoms. The summed E-state index contributed by atoms with van der Waals surface area (Å²) in [6, 6.07) is 0. The molecule has 2 nitrogen and oxygen atoms in total. The van der Waals surface area contributed by atoms with Crippen LogP contribution in [0.25, 0.3) is 0 Å². The summed E-state index contributed by atoms with van der Waals surface area (Å²) in [5.74, 6) is 0.731. The van der Waals surface area contributed by atoms with E-state index in [-0.39, 0.29) is 0 Å². The third-order valence-corrected chi connectivity index (χ3v) is 1.31. The molecule has 0 heterocycles. The lowest BCUT2D eigenvalue weighted by Crippen LogP contribution is -2.20. The molecule has 10 heavy (non-hydrogen) atoms. The molecule has 0 aliphatic carbocycles. The van der Waals surface area contributed by atoms with Gasteiger partial charge in [0.1, 0.15) is 0 Å². The lowest BCUT2D eigenvalue weighted by atomic mass is 10.2. The van der Waals surface area contributed by atoms with Crippen molar-refractivity contribution in [2.45, 2.75) is 26.7 Å². The first-order valence-electron chi connectivity index (χ1n) is 4.09. The molecule has 62 valence electrons. The van der Waals surface area contributed by atoms with Gasteiger partial charge in [-0.3, -0.25) is 0 Å². The van der Waals surface area contributed by atoms with Crippen LogP contribution >= 0.6 is 0 Å². The van der Waals surface area contributed by atoms with Crippen LogP contribution in [0.5, 0.6) is 0 Å². The summed E-state index contributed by atoms with van der Waals surface area (Å²) in [7, 11) is 0. The predicted molar refractivity (Wildman–Crippen MR) is 44.0 cm³/mol. The van der Waals surface area contributed by atoms with Gasteiger partial charge in [-0.15, -0.1) is 0 Å². The molecule has 0 aliphatic rings. The summed E-state index contributed by atoms with van der Waals surface area (Å²) in [5, 5.41) is 11.8. The predicted octanol–water partition coefficient (Wildman–Crippen LogP) is 1.00. The highest BCUT2D eigenvalue weighted by Gasteiger charge is 1.91. The molecule has 2 heteroatoms. The van der Waals surface area contributed by atoms with Crippen LogP contribution in [-0.4, -0.2) is 24.8 Å². The third-order valence-electron chi connectivity index (χ3n) is 1.31. The molecule has 0 aliphatic heterocycles. The van der Waals surface area contributed by atoms with Gasteiger partial charge < -0.3 is 10.4 Å². The molecule has 0 radical (unpaired) electrons. The van der Waals surface area contributed by atoms with Crippen LogP contribution in [0, 0.1) is 5.92 Å². The molecule has 0 saturated heterocycles. The van der Waals surface area contributed by atoms with Gasteiger partial charge in [0.25, 0.3) is 0 Å². The number of unbranched alkanes of at least 4 members (excludes halogenated alkanes) is 1. The van der Waals surface area contributed by atoms with Crippen LogP contribution < -0.4 is 5.32 Å². The van der Waals surface area contributed by atoms with Crippen LogP contribution in [0.3, 0.4) is 0 Å².